The monoisotopic (exact) mass is 302 g/mol. The summed E-state index contributed by atoms with van der Waals surface area (Å²) in [7, 11) is 0. The first-order valence-electron chi connectivity index (χ1n) is 8.47. The van der Waals surface area contributed by atoms with Crippen LogP contribution in [0.25, 0.3) is 22.3 Å². The quantitative estimate of drug-likeness (QED) is 0.714. The van der Waals surface area contributed by atoms with E-state index in [-0.39, 0.29) is 0 Å². The van der Waals surface area contributed by atoms with Crippen LogP contribution in [0.1, 0.15) is 37.6 Å². The first kappa shape index (κ1) is 14.3. The van der Waals surface area contributed by atoms with Gasteiger partial charge in [-0.25, -0.2) is 4.98 Å². The molecule has 1 unspecified atom stereocenters. The maximum Gasteiger partial charge on any atom is 0.141 e. The van der Waals surface area contributed by atoms with E-state index in [1.54, 1.807) is 0 Å². The third-order valence-electron chi connectivity index (χ3n) is 4.84. The summed E-state index contributed by atoms with van der Waals surface area (Å²) in [5.41, 5.74) is 6.29. The molecule has 2 nitrogen and oxygen atoms in total. The number of benzene rings is 1. The topological polar surface area (TPSA) is 17.8 Å². The van der Waals surface area contributed by atoms with Crippen LogP contribution in [-0.4, -0.2) is 9.55 Å². The molecule has 0 saturated heterocycles. The number of fused-ring (bicyclic) bond motifs is 1. The maximum atomic E-state index is 5.04. The van der Waals surface area contributed by atoms with Crippen molar-refractivity contribution >= 4 is 22.3 Å². The molecule has 2 aliphatic carbocycles. The van der Waals surface area contributed by atoms with Gasteiger partial charge in [0.05, 0.1) is 11.0 Å². The Kier molecular flexibility index (Phi) is 3.53. The van der Waals surface area contributed by atoms with Crippen LogP contribution < -0.4 is 0 Å². The molecule has 0 N–H and O–H groups in total. The van der Waals surface area contributed by atoms with Crippen molar-refractivity contribution in [3.8, 4) is 0 Å². The fraction of sp³-hybridized carbons (Fsp3) is 0.286. The van der Waals surface area contributed by atoms with Gasteiger partial charge in [-0.1, -0.05) is 49.4 Å². The maximum absolute atomic E-state index is 5.04. The fourth-order valence-corrected chi connectivity index (χ4v) is 3.53. The van der Waals surface area contributed by atoms with E-state index in [0.717, 1.165) is 30.6 Å². The van der Waals surface area contributed by atoms with Crippen molar-refractivity contribution in [3.05, 3.63) is 66.0 Å². The molecule has 23 heavy (non-hydrogen) atoms. The van der Waals surface area contributed by atoms with Crippen molar-refractivity contribution in [3.63, 3.8) is 0 Å². The molecule has 1 atom stereocenters. The Morgan fingerprint density at radius 1 is 1.13 bits per heavy atom. The van der Waals surface area contributed by atoms with E-state index in [0.29, 0.717) is 5.92 Å². The van der Waals surface area contributed by atoms with Gasteiger partial charge in [0.25, 0.3) is 0 Å². The molecule has 0 aliphatic heterocycles. The highest BCUT2D eigenvalue weighted by Crippen LogP contribution is 2.34. The molecule has 2 aromatic rings. The minimum absolute atomic E-state index is 0.511. The predicted octanol–water partition coefficient (Wildman–Crippen LogP) is 5.52. The molecular weight excluding hydrogens is 280 g/mol. The molecule has 1 aromatic carbocycles. The standard InChI is InChI=1S/C21H22N2/c1-15-9-6-7-13-18(15)23-19-14-8-10-16(2)20(19)22-21(23)17-11-4-3-5-12-17/h3-4,6-8,10-11,13-15H,5,9,12H2,1-2H3. The van der Waals surface area contributed by atoms with E-state index in [4.69, 9.17) is 4.98 Å². The highest BCUT2D eigenvalue weighted by Gasteiger charge is 2.21. The first-order valence-corrected chi connectivity index (χ1v) is 8.47. The van der Waals surface area contributed by atoms with Gasteiger partial charge in [0.2, 0.25) is 0 Å². The van der Waals surface area contributed by atoms with Gasteiger partial charge in [-0.3, -0.25) is 4.57 Å². The number of rotatable bonds is 2. The third kappa shape index (κ3) is 2.39. The number of aromatic nitrogens is 2. The van der Waals surface area contributed by atoms with Gasteiger partial charge < -0.3 is 0 Å². The fourth-order valence-electron chi connectivity index (χ4n) is 3.53. The summed E-state index contributed by atoms with van der Waals surface area (Å²) in [5.74, 6) is 1.63. The summed E-state index contributed by atoms with van der Waals surface area (Å²) >= 11 is 0. The number of para-hydroxylation sites is 1. The SMILES string of the molecule is Cc1cccc2c1nc(C1=CC=CCC1)n2C1=CC=CCC1C. The molecule has 0 amide bonds. The van der Waals surface area contributed by atoms with Gasteiger partial charge in [-0.2, -0.15) is 0 Å². The van der Waals surface area contributed by atoms with E-state index in [2.05, 4.69) is 73.1 Å². The number of aryl methyl sites for hydroxylation is 1. The van der Waals surface area contributed by atoms with Crippen molar-refractivity contribution in [2.75, 3.05) is 0 Å². The normalized spacial score (nSPS) is 20.7. The number of imidazole rings is 1. The zero-order valence-corrected chi connectivity index (χ0v) is 13.8. The predicted molar refractivity (Wildman–Crippen MR) is 98.0 cm³/mol. The van der Waals surface area contributed by atoms with E-state index in [9.17, 15) is 0 Å². The molecule has 0 fully saturated rings. The average molecular weight is 302 g/mol. The highest BCUT2D eigenvalue weighted by atomic mass is 15.1. The highest BCUT2D eigenvalue weighted by molar-refractivity contribution is 5.87. The van der Waals surface area contributed by atoms with E-state index < -0.39 is 0 Å². The van der Waals surface area contributed by atoms with Crippen molar-refractivity contribution in [1.82, 2.24) is 9.55 Å². The van der Waals surface area contributed by atoms with E-state index in [1.165, 1.54) is 22.4 Å². The second-order valence-corrected chi connectivity index (χ2v) is 6.53. The zero-order valence-electron chi connectivity index (χ0n) is 13.8. The number of allylic oxidation sites excluding steroid dienone is 8. The summed E-state index contributed by atoms with van der Waals surface area (Å²) in [5, 5.41) is 0. The van der Waals surface area contributed by atoms with Crippen LogP contribution in [-0.2, 0) is 0 Å². The number of hydrogen-bond acceptors (Lipinski definition) is 1. The Bertz CT molecular complexity index is 875. The van der Waals surface area contributed by atoms with E-state index in [1.807, 2.05) is 0 Å². The van der Waals surface area contributed by atoms with Gasteiger partial charge in [-0.15, -0.1) is 0 Å². The average Bonchev–Trinajstić information content (AvgIpc) is 2.97. The molecule has 0 saturated carbocycles. The van der Waals surface area contributed by atoms with E-state index >= 15 is 0 Å². The zero-order chi connectivity index (χ0) is 15.8. The Hall–Kier alpha value is -2.35. The molecule has 0 spiro atoms. The van der Waals surface area contributed by atoms with Crippen LogP contribution in [0.2, 0.25) is 0 Å². The lowest BCUT2D eigenvalue weighted by Gasteiger charge is -2.22. The molecular formula is C21H22N2. The molecule has 0 bridgehead atoms. The van der Waals surface area contributed by atoms with Gasteiger partial charge in [0.15, 0.2) is 0 Å². The van der Waals surface area contributed by atoms with Crippen LogP contribution >= 0.6 is 0 Å². The Labute approximate surface area is 137 Å². The van der Waals surface area contributed by atoms with Gasteiger partial charge in [0.1, 0.15) is 5.82 Å². The molecule has 1 aromatic heterocycles. The molecule has 2 aliphatic rings. The third-order valence-corrected chi connectivity index (χ3v) is 4.84. The Balaban J connectivity index is 2.01. The van der Waals surface area contributed by atoms with Gasteiger partial charge in [-0.05, 0) is 49.5 Å². The van der Waals surface area contributed by atoms with Gasteiger partial charge in [0, 0.05) is 11.6 Å². The van der Waals surface area contributed by atoms with Crippen LogP contribution in [0.3, 0.4) is 0 Å². The summed E-state index contributed by atoms with van der Waals surface area (Å²) < 4.78 is 2.39. The molecule has 2 heteroatoms. The molecule has 4 rings (SSSR count). The van der Waals surface area contributed by atoms with Crippen LogP contribution in [0.15, 0.2) is 54.7 Å². The molecule has 0 radical (unpaired) electrons. The van der Waals surface area contributed by atoms with Crippen LogP contribution in [0.5, 0.6) is 0 Å². The largest absolute Gasteiger partial charge is 0.296 e. The number of hydrogen-bond donors (Lipinski definition) is 0. The Morgan fingerprint density at radius 2 is 2.00 bits per heavy atom. The number of nitrogens with zero attached hydrogens (tertiary/aromatic N) is 2. The van der Waals surface area contributed by atoms with Crippen molar-refractivity contribution in [2.24, 2.45) is 5.92 Å². The second-order valence-electron chi connectivity index (χ2n) is 6.53. The molecule has 1 heterocycles. The van der Waals surface area contributed by atoms with Crippen molar-refractivity contribution in [2.45, 2.75) is 33.1 Å². The lowest BCUT2D eigenvalue weighted by Crippen LogP contribution is -2.11. The van der Waals surface area contributed by atoms with Crippen molar-refractivity contribution in [1.29, 1.82) is 0 Å². The minimum atomic E-state index is 0.511. The lowest BCUT2D eigenvalue weighted by atomic mass is 9.97. The van der Waals surface area contributed by atoms with Crippen molar-refractivity contribution < 1.29 is 0 Å². The first-order chi connectivity index (χ1) is 11.3. The lowest BCUT2D eigenvalue weighted by molar-refractivity contribution is 0.715. The Morgan fingerprint density at radius 3 is 2.78 bits per heavy atom. The van der Waals surface area contributed by atoms with Crippen LogP contribution in [0.4, 0.5) is 0 Å². The molecule has 116 valence electrons. The second kappa shape index (κ2) is 5.69. The smallest absolute Gasteiger partial charge is 0.141 e. The summed E-state index contributed by atoms with van der Waals surface area (Å²) in [6.07, 6.45) is 16.5. The minimum Gasteiger partial charge on any atom is -0.296 e. The summed E-state index contributed by atoms with van der Waals surface area (Å²) in [6.45, 7) is 4.45. The van der Waals surface area contributed by atoms with Crippen LogP contribution in [0, 0.1) is 12.8 Å². The summed E-state index contributed by atoms with van der Waals surface area (Å²) in [6, 6.07) is 6.49. The van der Waals surface area contributed by atoms with Gasteiger partial charge >= 0.3 is 0 Å². The summed E-state index contributed by atoms with van der Waals surface area (Å²) in [4.78, 5) is 5.04.